The van der Waals surface area contributed by atoms with Gasteiger partial charge in [0.2, 0.25) is 5.91 Å². The predicted octanol–water partition coefficient (Wildman–Crippen LogP) is 3.05. The van der Waals surface area contributed by atoms with E-state index in [1.807, 2.05) is 23.6 Å². The lowest BCUT2D eigenvalue weighted by atomic mass is 10.2. The molecule has 1 saturated heterocycles. The Morgan fingerprint density at radius 2 is 1.86 bits per heavy atom. The minimum atomic E-state index is 0.0930. The number of aromatic nitrogens is 2. The summed E-state index contributed by atoms with van der Waals surface area (Å²) in [6.45, 7) is 5.00. The van der Waals surface area contributed by atoms with Crippen LogP contribution in [0.1, 0.15) is 5.69 Å². The van der Waals surface area contributed by atoms with Crippen LogP contribution in [0.5, 0.6) is 0 Å². The minimum absolute atomic E-state index is 0.0930. The van der Waals surface area contributed by atoms with Gasteiger partial charge >= 0.3 is 0 Å². The minimum Gasteiger partial charge on any atom is -0.295 e. The van der Waals surface area contributed by atoms with Crippen LogP contribution in [-0.4, -0.2) is 65.4 Å². The Hall–Kier alpha value is -2.13. The largest absolute Gasteiger partial charge is 0.295 e. The number of carbonyl (C=O) groups is 1. The first-order chi connectivity index (χ1) is 13.7. The Kier molecular flexibility index (Phi) is 6.11. The summed E-state index contributed by atoms with van der Waals surface area (Å²) in [4.78, 5) is 27.7. The van der Waals surface area contributed by atoms with Crippen LogP contribution in [0.25, 0.3) is 10.6 Å². The maximum Gasteiger partial charge on any atom is 0.242 e. The first-order valence-corrected chi connectivity index (χ1v) is 11.1. The molecule has 1 aliphatic heterocycles. The lowest BCUT2D eigenvalue weighted by Gasteiger charge is -2.34. The van der Waals surface area contributed by atoms with Crippen molar-refractivity contribution in [2.24, 2.45) is 0 Å². The second kappa shape index (κ2) is 8.91. The van der Waals surface area contributed by atoms with E-state index in [2.05, 4.69) is 32.3 Å². The van der Waals surface area contributed by atoms with Crippen molar-refractivity contribution in [1.29, 1.82) is 0 Å². The summed E-state index contributed by atoms with van der Waals surface area (Å²) < 4.78 is 0. The molecule has 4 rings (SSSR count). The number of benzene rings is 1. The van der Waals surface area contributed by atoms with Crippen LogP contribution in [0.3, 0.4) is 0 Å². The summed E-state index contributed by atoms with van der Waals surface area (Å²) in [5.74, 6) is 0.0930. The van der Waals surface area contributed by atoms with E-state index in [0.29, 0.717) is 6.54 Å². The zero-order valence-corrected chi connectivity index (χ0v) is 17.5. The van der Waals surface area contributed by atoms with Gasteiger partial charge < -0.3 is 0 Å². The molecule has 0 aliphatic carbocycles. The van der Waals surface area contributed by atoms with Crippen molar-refractivity contribution in [2.45, 2.75) is 6.54 Å². The number of nitrogens with zero attached hydrogens (tertiary/aromatic N) is 5. The Balaban J connectivity index is 1.26. The molecule has 0 N–H and O–H groups in total. The van der Waals surface area contributed by atoms with Crippen LogP contribution < -0.4 is 4.90 Å². The van der Waals surface area contributed by atoms with E-state index < -0.39 is 0 Å². The SMILES string of the molecule is CN(C(=O)CN1CCN(Cc2csc(-c3ccccc3)n2)CC1)c1nccs1. The highest BCUT2D eigenvalue weighted by atomic mass is 32.1. The number of piperazine rings is 1. The van der Waals surface area contributed by atoms with Crippen LogP contribution in [-0.2, 0) is 11.3 Å². The van der Waals surface area contributed by atoms with Crippen molar-refractivity contribution >= 4 is 33.7 Å². The molecule has 0 radical (unpaired) electrons. The van der Waals surface area contributed by atoms with Gasteiger partial charge in [0.1, 0.15) is 5.01 Å². The first-order valence-electron chi connectivity index (χ1n) is 9.29. The van der Waals surface area contributed by atoms with Crippen molar-refractivity contribution < 1.29 is 4.79 Å². The number of hydrogen-bond acceptors (Lipinski definition) is 7. The molecule has 1 aliphatic rings. The second-order valence-electron chi connectivity index (χ2n) is 6.83. The van der Waals surface area contributed by atoms with Crippen LogP contribution >= 0.6 is 22.7 Å². The fraction of sp³-hybridized carbons (Fsp3) is 0.350. The third-order valence-electron chi connectivity index (χ3n) is 4.86. The molecule has 28 heavy (non-hydrogen) atoms. The molecule has 0 bridgehead atoms. The molecule has 3 aromatic rings. The molecule has 8 heteroatoms. The predicted molar refractivity (Wildman–Crippen MR) is 115 cm³/mol. The van der Waals surface area contributed by atoms with Crippen molar-refractivity contribution in [3.05, 3.63) is 53.0 Å². The zero-order valence-electron chi connectivity index (χ0n) is 15.8. The van der Waals surface area contributed by atoms with Gasteiger partial charge in [0, 0.05) is 62.3 Å². The fourth-order valence-corrected chi connectivity index (χ4v) is 4.66. The van der Waals surface area contributed by atoms with Gasteiger partial charge in [-0.25, -0.2) is 9.97 Å². The maximum atomic E-state index is 12.4. The average molecular weight is 414 g/mol. The molecule has 3 heterocycles. The average Bonchev–Trinajstić information content (AvgIpc) is 3.42. The van der Waals surface area contributed by atoms with E-state index in [9.17, 15) is 4.79 Å². The highest BCUT2D eigenvalue weighted by Crippen LogP contribution is 2.24. The number of thiazole rings is 2. The summed E-state index contributed by atoms with van der Waals surface area (Å²) in [6, 6.07) is 10.3. The second-order valence-corrected chi connectivity index (χ2v) is 8.56. The van der Waals surface area contributed by atoms with E-state index in [4.69, 9.17) is 4.98 Å². The van der Waals surface area contributed by atoms with E-state index in [1.165, 1.54) is 16.9 Å². The van der Waals surface area contributed by atoms with E-state index in [0.717, 1.165) is 48.6 Å². The van der Waals surface area contributed by atoms with Gasteiger partial charge in [0.05, 0.1) is 12.2 Å². The quantitative estimate of drug-likeness (QED) is 0.622. The van der Waals surface area contributed by atoms with Gasteiger partial charge in [-0.05, 0) is 0 Å². The molecule has 0 spiro atoms. The molecule has 1 fully saturated rings. The molecule has 1 aromatic carbocycles. The molecule has 1 amide bonds. The van der Waals surface area contributed by atoms with Crippen LogP contribution in [0, 0.1) is 0 Å². The first kappa shape index (κ1) is 19.2. The number of anilines is 1. The van der Waals surface area contributed by atoms with Gasteiger partial charge in [0.25, 0.3) is 0 Å². The molecular weight excluding hydrogens is 390 g/mol. The highest BCUT2D eigenvalue weighted by Gasteiger charge is 2.22. The number of rotatable bonds is 6. The van der Waals surface area contributed by atoms with Gasteiger partial charge in [-0.1, -0.05) is 30.3 Å². The maximum absolute atomic E-state index is 12.4. The number of hydrogen-bond donors (Lipinski definition) is 0. The van der Waals surface area contributed by atoms with Crippen LogP contribution in [0.15, 0.2) is 47.3 Å². The summed E-state index contributed by atoms with van der Waals surface area (Å²) in [7, 11) is 1.80. The van der Waals surface area contributed by atoms with Crippen molar-refractivity contribution in [1.82, 2.24) is 19.8 Å². The van der Waals surface area contributed by atoms with Gasteiger partial charge in [-0.15, -0.1) is 22.7 Å². The summed E-state index contributed by atoms with van der Waals surface area (Å²) in [5, 5.41) is 5.87. The molecule has 6 nitrogen and oxygen atoms in total. The van der Waals surface area contributed by atoms with Gasteiger partial charge in [0.15, 0.2) is 5.13 Å². The molecule has 0 saturated carbocycles. The van der Waals surface area contributed by atoms with Crippen LogP contribution in [0.4, 0.5) is 5.13 Å². The lowest BCUT2D eigenvalue weighted by molar-refractivity contribution is -0.119. The zero-order chi connectivity index (χ0) is 19.3. The fourth-order valence-electron chi connectivity index (χ4n) is 3.21. The Morgan fingerprint density at radius 1 is 1.11 bits per heavy atom. The molecule has 2 aromatic heterocycles. The normalized spacial score (nSPS) is 15.6. The monoisotopic (exact) mass is 413 g/mol. The molecule has 0 atom stereocenters. The molecule has 146 valence electrons. The van der Waals surface area contributed by atoms with E-state index >= 15 is 0 Å². The van der Waals surface area contributed by atoms with E-state index in [1.54, 1.807) is 29.5 Å². The van der Waals surface area contributed by atoms with Gasteiger partial charge in [-0.3, -0.25) is 19.5 Å². The Bertz CT molecular complexity index is 888. The highest BCUT2D eigenvalue weighted by molar-refractivity contribution is 7.13. The molecular formula is C20H23N5OS2. The third-order valence-corrected chi connectivity index (χ3v) is 6.65. The summed E-state index contributed by atoms with van der Waals surface area (Å²) >= 11 is 3.18. The molecule has 0 unspecified atom stereocenters. The van der Waals surface area contributed by atoms with Crippen molar-refractivity contribution in [2.75, 3.05) is 44.7 Å². The van der Waals surface area contributed by atoms with E-state index in [-0.39, 0.29) is 5.91 Å². The van der Waals surface area contributed by atoms with Crippen molar-refractivity contribution in [3.8, 4) is 10.6 Å². The summed E-state index contributed by atoms with van der Waals surface area (Å²) in [6.07, 6.45) is 1.73. The number of amides is 1. The number of carbonyl (C=O) groups excluding carboxylic acids is 1. The Labute approximate surface area is 173 Å². The topological polar surface area (TPSA) is 52.6 Å². The Morgan fingerprint density at radius 3 is 2.57 bits per heavy atom. The van der Waals surface area contributed by atoms with Crippen LogP contribution in [0.2, 0.25) is 0 Å². The lowest BCUT2D eigenvalue weighted by Crippen LogP contribution is -2.49. The summed E-state index contributed by atoms with van der Waals surface area (Å²) in [5.41, 5.74) is 2.29. The van der Waals surface area contributed by atoms with Crippen molar-refractivity contribution in [3.63, 3.8) is 0 Å². The standard InChI is InChI=1S/C20H23N5OS2/c1-23(20-21-7-12-27-20)18(26)14-25-10-8-24(9-11-25)13-17-15-28-19(22-17)16-5-3-2-4-6-16/h2-7,12,15H,8-11,13-14H2,1H3. The third kappa shape index (κ3) is 4.64. The smallest absolute Gasteiger partial charge is 0.242 e. The number of likely N-dealkylation sites (N-methyl/N-ethyl adjacent to an activating group) is 1. The van der Waals surface area contributed by atoms with Gasteiger partial charge in [-0.2, -0.15) is 0 Å².